The first-order chi connectivity index (χ1) is 6.11. The Morgan fingerprint density at radius 2 is 1.92 bits per heavy atom. The lowest BCUT2D eigenvalue weighted by Crippen LogP contribution is -2.10. The van der Waals surface area contributed by atoms with Crippen molar-refractivity contribution in [1.29, 1.82) is 0 Å². The molecule has 0 bridgehead atoms. The molecular weight excluding hydrogens is 172 g/mol. The number of rotatable bonds is 4. The van der Waals surface area contributed by atoms with Crippen molar-refractivity contribution in [3.8, 4) is 0 Å². The van der Waals surface area contributed by atoms with Gasteiger partial charge in [0.25, 0.3) is 0 Å². The Balaban J connectivity index is 3.84. The number of carbonyl (C=O) groups excluding carboxylic acids is 2. The molecule has 0 aliphatic carbocycles. The summed E-state index contributed by atoms with van der Waals surface area (Å²) in [5.41, 5.74) is 0. The molecule has 0 fully saturated rings. The van der Waals surface area contributed by atoms with Crippen molar-refractivity contribution >= 4 is 11.9 Å². The normalized spacial score (nSPS) is 12.5. The van der Waals surface area contributed by atoms with Crippen LogP contribution in [0, 0.1) is 5.92 Å². The van der Waals surface area contributed by atoms with Crippen molar-refractivity contribution in [3.05, 3.63) is 12.2 Å². The summed E-state index contributed by atoms with van der Waals surface area (Å²) in [7, 11) is 2.65. The molecule has 1 atom stereocenters. The minimum atomic E-state index is -0.326. The molecule has 0 aliphatic rings. The highest BCUT2D eigenvalue weighted by atomic mass is 16.5. The Hall–Kier alpha value is -1.32. The molecule has 0 spiro atoms. The van der Waals surface area contributed by atoms with Crippen LogP contribution in [0.5, 0.6) is 0 Å². The number of methoxy groups -OCH3 is 2. The molecule has 0 amide bonds. The van der Waals surface area contributed by atoms with Gasteiger partial charge in [-0.1, -0.05) is 12.2 Å². The van der Waals surface area contributed by atoms with E-state index in [1.54, 1.807) is 19.1 Å². The van der Waals surface area contributed by atoms with Gasteiger partial charge in [0, 0.05) is 0 Å². The van der Waals surface area contributed by atoms with Crippen LogP contribution >= 0.6 is 0 Å². The number of ether oxygens (including phenoxy) is 2. The Labute approximate surface area is 77.5 Å². The summed E-state index contributed by atoms with van der Waals surface area (Å²) in [4.78, 5) is 21.5. The first kappa shape index (κ1) is 11.7. The summed E-state index contributed by atoms with van der Waals surface area (Å²) in [6, 6.07) is 0. The van der Waals surface area contributed by atoms with Crippen molar-refractivity contribution in [2.45, 2.75) is 13.3 Å². The summed E-state index contributed by atoms with van der Waals surface area (Å²) in [6.45, 7) is 1.69. The number of hydrogen-bond acceptors (Lipinski definition) is 4. The van der Waals surface area contributed by atoms with E-state index in [1.807, 2.05) is 0 Å². The monoisotopic (exact) mass is 186 g/mol. The topological polar surface area (TPSA) is 52.6 Å². The van der Waals surface area contributed by atoms with Crippen molar-refractivity contribution in [1.82, 2.24) is 0 Å². The van der Waals surface area contributed by atoms with Crippen molar-refractivity contribution in [3.63, 3.8) is 0 Å². The third-order valence-electron chi connectivity index (χ3n) is 1.51. The first-order valence-corrected chi connectivity index (χ1v) is 3.93. The number of carbonyl (C=O) groups is 2. The van der Waals surface area contributed by atoms with Crippen LogP contribution < -0.4 is 0 Å². The van der Waals surface area contributed by atoms with Gasteiger partial charge in [-0.15, -0.1) is 0 Å². The van der Waals surface area contributed by atoms with Crippen LogP contribution in [0.2, 0.25) is 0 Å². The zero-order valence-corrected chi connectivity index (χ0v) is 8.07. The lowest BCUT2D eigenvalue weighted by atomic mass is 10.1. The van der Waals surface area contributed by atoms with Gasteiger partial charge in [-0.05, 0) is 6.92 Å². The number of esters is 2. The lowest BCUT2D eigenvalue weighted by Gasteiger charge is -2.01. The van der Waals surface area contributed by atoms with Crippen molar-refractivity contribution in [2.75, 3.05) is 14.2 Å². The molecule has 0 aromatic carbocycles. The van der Waals surface area contributed by atoms with Crippen LogP contribution in [0.15, 0.2) is 12.2 Å². The molecule has 0 heterocycles. The smallest absolute Gasteiger partial charge is 0.312 e. The fourth-order valence-corrected chi connectivity index (χ4v) is 0.716. The zero-order chi connectivity index (χ0) is 10.3. The Morgan fingerprint density at radius 1 is 1.31 bits per heavy atom. The molecule has 0 aromatic heterocycles. The van der Waals surface area contributed by atoms with Gasteiger partial charge in [0.15, 0.2) is 0 Å². The van der Waals surface area contributed by atoms with Crippen LogP contribution in [-0.4, -0.2) is 26.2 Å². The molecule has 0 saturated heterocycles. The highest BCUT2D eigenvalue weighted by Gasteiger charge is 2.08. The largest absolute Gasteiger partial charge is 0.469 e. The minimum absolute atomic E-state index is 0.178. The molecule has 0 saturated carbocycles. The van der Waals surface area contributed by atoms with Gasteiger partial charge in [0.05, 0.1) is 26.6 Å². The molecule has 74 valence electrons. The average molecular weight is 186 g/mol. The Morgan fingerprint density at radius 3 is 2.38 bits per heavy atom. The quantitative estimate of drug-likeness (QED) is 0.484. The second-order valence-corrected chi connectivity index (χ2v) is 2.52. The molecule has 0 aliphatic heterocycles. The Bertz CT molecular complexity index is 208. The predicted octanol–water partition coefficient (Wildman–Crippen LogP) is 0.915. The third-order valence-corrected chi connectivity index (χ3v) is 1.51. The highest BCUT2D eigenvalue weighted by molar-refractivity contribution is 5.74. The summed E-state index contributed by atoms with van der Waals surface area (Å²) in [5, 5.41) is 0. The summed E-state index contributed by atoms with van der Waals surface area (Å²) in [5.74, 6) is -0.968. The SMILES string of the molecule is COC(=O)C/C=C/C(C)C(=O)OC. The predicted molar refractivity (Wildman–Crippen MR) is 47.0 cm³/mol. The molecule has 0 aromatic rings. The van der Waals surface area contributed by atoms with Gasteiger partial charge < -0.3 is 9.47 Å². The molecule has 0 radical (unpaired) electrons. The second kappa shape index (κ2) is 6.22. The molecule has 0 N–H and O–H groups in total. The van der Waals surface area contributed by atoms with E-state index < -0.39 is 0 Å². The van der Waals surface area contributed by atoms with Gasteiger partial charge in [-0.2, -0.15) is 0 Å². The van der Waals surface area contributed by atoms with E-state index in [9.17, 15) is 9.59 Å². The molecule has 0 rings (SSSR count). The molecule has 4 heteroatoms. The molecule has 1 unspecified atom stereocenters. The van der Waals surface area contributed by atoms with E-state index in [1.165, 1.54) is 14.2 Å². The van der Waals surface area contributed by atoms with E-state index in [4.69, 9.17) is 0 Å². The van der Waals surface area contributed by atoms with Gasteiger partial charge >= 0.3 is 11.9 Å². The fraction of sp³-hybridized carbons (Fsp3) is 0.556. The van der Waals surface area contributed by atoms with Gasteiger partial charge in [0.2, 0.25) is 0 Å². The summed E-state index contributed by atoms with van der Waals surface area (Å²) < 4.78 is 8.90. The number of hydrogen-bond donors (Lipinski definition) is 0. The van der Waals surface area contributed by atoms with E-state index in [-0.39, 0.29) is 24.3 Å². The van der Waals surface area contributed by atoms with Crippen LogP contribution in [0.3, 0.4) is 0 Å². The maximum absolute atomic E-state index is 10.9. The molecular formula is C9H14O4. The minimum Gasteiger partial charge on any atom is -0.469 e. The van der Waals surface area contributed by atoms with Gasteiger partial charge in [-0.3, -0.25) is 9.59 Å². The average Bonchev–Trinajstić information content (AvgIpc) is 2.15. The maximum atomic E-state index is 10.9. The van der Waals surface area contributed by atoms with Gasteiger partial charge in [0.1, 0.15) is 0 Å². The molecule has 13 heavy (non-hydrogen) atoms. The summed E-state index contributed by atoms with van der Waals surface area (Å²) >= 11 is 0. The summed E-state index contributed by atoms with van der Waals surface area (Å²) in [6.07, 6.45) is 3.38. The van der Waals surface area contributed by atoms with E-state index in [0.717, 1.165) is 0 Å². The fourth-order valence-electron chi connectivity index (χ4n) is 0.716. The van der Waals surface area contributed by atoms with E-state index in [0.29, 0.717) is 0 Å². The zero-order valence-electron chi connectivity index (χ0n) is 8.07. The van der Waals surface area contributed by atoms with Crippen molar-refractivity contribution < 1.29 is 19.1 Å². The second-order valence-electron chi connectivity index (χ2n) is 2.52. The van der Waals surface area contributed by atoms with Crippen LogP contribution in [0.4, 0.5) is 0 Å². The standard InChI is InChI=1S/C9H14O4/c1-7(9(11)13-3)5-4-6-8(10)12-2/h4-5,7H,6H2,1-3H3/b5-4+. The van der Waals surface area contributed by atoms with Crippen LogP contribution in [0.1, 0.15) is 13.3 Å². The lowest BCUT2D eigenvalue weighted by molar-refractivity contribution is -0.143. The van der Waals surface area contributed by atoms with Crippen LogP contribution in [-0.2, 0) is 19.1 Å². The van der Waals surface area contributed by atoms with E-state index in [2.05, 4.69) is 9.47 Å². The third kappa shape index (κ3) is 5.00. The maximum Gasteiger partial charge on any atom is 0.312 e. The highest BCUT2D eigenvalue weighted by Crippen LogP contribution is 2.00. The van der Waals surface area contributed by atoms with Gasteiger partial charge in [-0.25, -0.2) is 0 Å². The first-order valence-electron chi connectivity index (χ1n) is 3.93. The molecule has 4 nitrogen and oxygen atoms in total. The van der Waals surface area contributed by atoms with E-state index >= 15 is 0 Å². The Kier molecular flexibility index (Phi) is 5.59. The van der Waals surface area contributed by atoms with Crippen LogP contribution in [0.25, 0.3) is 0 Å². The van der Waals surface area contributed by atoms with Crippen molar-refractivity contribution in [2.24, 2.45) is 5.92 Å².